The molecule has 0 bridgehead atoms. The van der Waals surface area contributed by atoms with Gasteiger partial charge in [0.15, 0.2) is 0 Å². The van der Waals surface area contributed by atoms with Gasteiger partial charge in [-0.25, -0.2) is 13.8 Å². The Morgan fingerprint density at radius 3 is 2.17 bits per heavy atom. The number of hydrogen-bond acceptors (Lipinski definition) is 5. The van der Waals surface area contributed by atoms with Crippen LogP contribution < -0.4 is 4.90 Å². The predicted octanol–water partition coefficient (Wildman–Crippen LogP) is 5.10. The van der Waals surface area contributed by atoms with Crippen LogP contribution in [-0.2, 0) is 4.79 Å². The molecule has 0 spiro atoms. The molecule has 2 amide bonds. The molecule has 0 saturated carbocycles. The van der Waals surface area contributed by atoms with Crippen LogP contribution in [0.1, 0.15) is 48.9 Å². The zero-order chi connectivity index (χ0) is 30.1. The number of aliphatic hydroxyl groups is 1. The number of rotatable bonds is 6. The van der Waals surface area contributed by atoms with Crippen molar-refractivity contribution in [2.75, 3.05) is 45.2 Å². The summed E-state index contributed by atoms with van der Waals surface area (Å²) in [5.74, 6) is -1.72. The molecule has 1 aromatic heterocycles. The number of likely N-dealkylation sites (tertiary alicyclic amines) is 1. The van der Waals surface area contributed by atoms with Gasteiger partial charge in [-0.05, 0) is 68.2 Å². The molecule has 1 aromatic rings. The van der Waals surface area contributed by atoms with Crippen LogP contribution in [0.2, 0.25) is 5.15 Å². The Kier molecular flexibility index (Phi) is 9.32. The van der Waals surface area contributed by atoms with Crippen molar-refractivity contribution in [1.29, 1.82) is 0 Å². The average Bonchev–Trinajstić information content (AvgIpc) is 2.91. The molecule has 2 atom stereocenters. The van der Waals surface area contributed by atoms with Gasteiger partial charge in [0, 0.05) is 52.3 Å². The number of anilines is 1. The van der Waals surface area contributed by atoms with Gasteiger partial charge in [-0.15, -0.1) is 0 Å². The molecule has 1 aliphatic carbocycles. The molecule has 3 heterocycles. The lowest BCUT2D eigenvalue weighted by Gasteiger charge is -2.40. The number of amides is 2. The lowest BCUT2D eigenvalue weighted by atomic mass is 9.81. The maximum absolute atomic E-state index is 14.0. The molecule has 13 heteroatoms. The van der Waals surface area contributed by atoms with Gasteiger partial charge in [0.2, 0.25) is 0 Å². The Balaban J connectivity index is 1.31. The van der Waals surface area contributed by atoms with Gasteiger partial charge >= 0.3 is 6.18 Å². The van der Waals surface area contributed by atoms with E-state index in [2.05, 4.69) is 9.88 Å². The molecular weight excluding hydrogens is 571 g/mol. The SMILES string of the molecule is CN(C)C(=O)c1ccc(N2CCC(CC3CCN(C(=O)C(O)(C4=CC(F)CC(F)=C4)C(F)(F)F)CC3)CC2)nc1Cl. The highest BCUT2D eigenvalue weighted by atomic mass is 35.5. The Labute approximate surface area is 240 Å². The molecule has 7 nitrogen and oxygen atoms in total. The number of alkyl halides is 4. The summed E-state index contributed by atoms with van der Waals surface area (Å²) in [6.45, 7) is 1.50. The third-order valence-corrected chi connectivity index (χ3v) is 8.47. The fraction of sp³-hybridized carbons (Fsp3) is 0.607. The number of allylic oxidation sites excluding steroid dienone is 2. The first-order valence-corrected chi connectivity index (χ1v) is 14.0. The van der Waals surface area contributed by atoms with E-state index in [1.54, 1.807) is 26.2 Å². The quantitative estimate of drug-likeness (QED) is 0.361. The van der Waals surface area contributed by atoms with Crippen LogP contribution in [-0.4, -0.2) is 89.9 Å². The van der Waals surface area contributed by atoms with E-state index in [9.17, 15) is 36.6 Å². The highest BCUT2D eigenvalue weighted by molar-refractivity contribution is 6.32. The number of hydrogen-bond donors (Lipinski definition) is 1. The molecule has 226 valence electrons. The maximum Gasteiger partial charge on any atom is 0.430 e. The second-order valence-corrected chi connectivity index (χ2v) is 11.6. The highest BCUT2D eigenvalue weighted by Gasteiger charge is 2.63. The molecule has 2 aliphatic heterocycles. The monoisotopic (exact) mass is 604 g/mol. The summed E-state index contributed by atoms with van der Waals surface area (Å²) in [7, 11) is 3.27. The molecule has 2 saturated heterocycles. The van der Waals surface area contributed by atoms with Crippen molar-refractivity contribution in [1.82, 2.24) is 14.8 Å². The second kappa shape index (κ2) is 12.2. The van der Waals surface area contributed by atoms with Crippen LogP contribution in [0.5, 0.6) is 0 Å². The number of piperidine rings is 2. The first-order chi connectivity index (χ1) is 19.2. The van der Waals surface area contributed by atoms with Gasteiger partial charge in [0.1, 0.15) is 23.0 Å². The standard InChI is InChI=1S/C28H34ClF5N4O3/c1-36(2)25(39)22-3-4-23(35-24(22)29)37-9-5-17(6-10-37)13-18-7-11-38(12-8-18)26(40)27(41,28(32,33)34)19-14-20(30)16-21(31)15-19/h3-4,14-15,17-18,20,41H,5-13,16H2,1-2H3. The summed E-state index contributed by atoms with van der Waals surface area (Å²) in [5.41, 5.74) is -4.79. The summed E-state index contributed by atoms with van der Waals surface area (Å²) in [6.07, 6.45) is -3.83. The number of aromatic nitrogens is 1. The Morgan fingerprint density at radius 1 is 1.07 bits per heavy atom. The third kappa shape index (κ3) is 6.69. The van der Waals surface area contributed by atoms with E-state index in [0.717, 1.165) is 37.3 Å². The van der Waals surface area contributed by atoms with Gasteiger partial charge in [0.05, 0.1) is 5.56 Å². The molecule has 4 rings (SSSR count). The second-order valence-electron chi connectivity index (χ2n) is 11.3. The fourth-order valence-electron chi connectivity index (χ4n) is 5.82. The van der Waals surface area contributed by atoms with Crippen LogP contribution in [0.25, 0.3) is 0 Å². The summed E-state index contributed by atoms with van der Waals surface area (Å²) >= 11 is 6.26. The van der Waals surface area contributed by atoms with Crippen molar-refractivity contribution >= 4 is 29.2 Å². The van der Waals surface area contributed by atoms with Crippen LogP contribution in [0, 0.1) is 11.8 Å². The van der Waals surface area contributed by atoms with Crippen molar-refractivity contribution in [3.63, 3.8) is 0 Å². The molecular formula is C28H34ClF5N4O3. The van der Waals surface area contributed by atoms with E-state index >= 15 is 0 Å². The Bertz CT molecular complexity index is 1210. The first-order valence-electron chi connectivity index (χ1n) is 13.6. The first kappa shape index (κ1) is 31.2. The average molecular weight is 605 g/mol. The smallest absolute Gasteiger partial charge is 0.369 e. The van der Waals surface area contributed by atoms with E-state index in [1.165, 1.54) is 4.90 Å². The van der Waals surface area contributed by atoms with Crippen LogP contribution in [0.3, 0.4) is 0 Å². The normalized spacial score (nSPS) is 22.6. The molecule has 2 fully saturated rings. The molecule has 0 radical (unpaired) electrons. The van der Waals surface area contributed by atoms with E-state index in [4.69, 9.17) is 11.6 Å². The molecule has 0 aromatic carbocycles. The van der Waals surface area contributed by atoms with Gasteiger partial charge in [-0.1, -0.05) is 11.6 Å². The van der Waals surface area contributed by atoms with Gasteiger partial charge in [0.25, 0.3) is 17.4 Å². The van der Waals surface area contributed by atoms with Crippen LogP contribution in [0.4, 0.5) is 27.8 Å². The van der Waals surface area contributed by atoms with Crippen molar-refractivity contribution in [2.24, 2.45) is 11.8 Å². The summed E-state index contributed by atoms with van der Waals surface area (Å²) in [5, 5.41) is 10.7. The van der Waals surface area contributed by atoms with Gasteiger partial charge in [-0.3, -0.25) is 9.59 Å². The van der Waals surface area contributed by atoms with Crippen molar-refractivity contribution in [2.45, 2.75) is 56.5 Å². The number of halogens is 6. The highest BCUT2D eigenvalue weighted by Crippen LogP contribution is 2.42. The van der Waals surface area contributed by atoms with Gasteiger partial charge < -0.3 is 19.8 Å². The Hall–Kier alpha value is -2.73. The minimum Gasteiger partial charge on any atom is -0.369 e. The van der Waals surface area contributed by atoms with E-state index in [-0.39, 0.29) is 30.1 Å². The fourth-order valence-corrected chi connectivity index (χ4v) is 6.05. The van der Waals surface area contributed by atoms with Crippen molar-refractivity contribution < 1.29 is 36.6 Å². The minimum atomic E-state index is -5.45. The van der Waals surface area contributed by atoms with E-state index < -0.39 is 41.7 Å². The number of nitrogens with zero attached hydrogens (tertiary/aromatic N) is 4. The van der Waals surface area contributed by atoms with E-state index in [1.807, 2.05) is 0 Å². The Morgan fingerprint density at radius 2 is 1.66 bits per heavy atom. The maximum atomic E-state index is 14.0. The van der Waals surface area contributed by atoms with Gasteiger partial charge in [-0.2, -0.15) is 13.2 Å². The summed E-state index contributed by atoms with van der Waals surface area (Å²) in [4.78, 5) is 34.0. The molecule has 41 heavy (non-hydrogen) atoms. The summed E-state index contributed by atoms with van der Waals surface area (Å²) < 4.78 is 69.4. The van der Waals surface area contributed by atoms with Crippen LogP contribution >= 0.6 is 11.6 Å². The minimum absolute atomic E-state index is 0.0136. The largest absolute Gasteiger partial charge is 0.430 e. The zero-order valence-corrected chi connectivity index (χ0v) is 23.7. The molecule has 3 aliphatic rings. The number of carbonyl (C=O) groups excluding carboxylic acids is 2. The lowest BCUT2D eigenvalue weighted by molar-refractivity contribution is -0.242. The van der Waals surface area contributed by atoms with E-state index in [0.29, 0.717) is 42.3 Å². The lowest BCUT2D eigenvalue weighted by Crippen LogP contribution is -2.60. The van der Waals surface area contributed by atoms with Crippen LogP contribution in [0.15, 0.2) is 35.7 Å². The zero-order valence-electron chi connectivity index (χ0n) is 22.9. The van der Waals surface area contributed by atoms with Crippen molar-refractivity contribution in [3.05, 3.63) is 46.4 Å². The number of pyridine rings is 1. The molecule has 1 N–H and O–H groups in total. The van der Waals surface area contributed by atoms with Crippen molar-refractivity contribution in [3.8, 4) is 0 Å². The molecule has 2 unspecified atom stereocenters. The topological polar surface area (TPSA) is 77.0 Å². The number of carbonyl (C=O) groups is 2. The summed E-state index contributed by atoms with van der Waals surface area (Å²) in [6, 6.07) is 3.45. The predicted molar refractivity (Wildman–Crippen MR) is 144 cm³/mol. The third-order valence-electron chi connectivity index (χ3n) is 8.18.